The van der Waals surface area contributed by atoms with Crippen molar-refractivity contribution in [1.82, 2.24) is 9.80 Å². The summed E-state index contributed by atoms with van der Waals surface area (Å²) in [5.41, 5.74) is 0.644. The van der Waals surface area contributed by atoms with Crippen LogP contribution >= 0.6 is 0 Å². The van der Waals surface area contributed by atoms with Crippen LogP contribution < -0.4 is 9.47 Å². The second-order valence-electron chi connectivity index (χ2n) is 7.68. The molecule has 8 heteroatoms. The van der Waals surface area contributed by atoms with Crippen LogP contribution in [0.5, 0.6) is 17.2 Å². The predicted octanol–water partition coefficient (Wildman–Crippen LogP) is 3.17. The predicted molar refractivity (Wildman–Crippen MR) is 124 cm³/mol. The number of carbonyl (C=O) groups is 2. The molecule has 8 nitrogen and oxygen atoms in total. The van der Waals surface area contributed by atoms with Crippen molar-refractivity contribution < 1.29 is 29.3 Å². The molecule has 3 rings (SSSR count). The number of likely N-dealkylation sites (tertiary alicyclic amines) is 1. The van der Waals surface area contributed by atoms with Crippen LogP contribution in [0, 0.1) is 0 Å². The van der Waals surface area contributed by atoms with E-state index < -0.39 is 23.5 Å². The molecule has 0 radical (unpaired) electrons. The van der Waals surface area contributed by atoms with E-state index in [-0.39, 0.29) is 16.9 Å². The van der Waals surface area contributed by atoms with E-state index in [1.165, 1.54) is 24.1 Å². The fraction of sp³-hybridized carbons (Fsp3) is 0.360. The molecule has 1 fully saturated rings. The lowest BCUT2D eigenvalue weighted by atomic mass is 9.95. The van der Waals surface area contributed by atoms with Crippen LogP contribution in [0.4, 0.5) is 0 Å². The third kappa shape index (κ3) is 4.80. The van der Waals surface area contributed by atoms with Crippen molar-refractivity contribution in [2.45, 2.75) is 19.9 Å². The third-order valence-corrected chi connectivity index (χ3v) is 5.98. The average Bonchev–Trinajstić information content (AvgIpc) is 3.09. The van der Waals surface area contributed by atoms with Crippen LogP contribution in [-0.2, 0) is 9.59 Å². The number of aromatic hydroxyl groups is 1. The van der Waals surface area contributed by atoms with Gasteiger partial charge in [-0.1, -0.05) is 26.0 Å². The molecule has 1 saturated heterocycles. The first kappa shape index (κ1) is 24.1. The largest absolute Gasteiger partial charge is 0.507 e. The van der Waals surface area contributed by atoms with Crippen LogP contribution in [0.3, 0.4) is 0 Å². The summed E-state index contributed by atoms with van der Waals surface area (Å²) in [5.74, 6) is -1.13. The van der Waals surface area contributed by atoms with Gasteiger partial charge in [0.05, 0.1) is 31.4 Å². The van der Waals surface area contributed by atoms with E-state index in [9.17, 15) is 19.8 Å². The number of phenols is 1. The summed E-state index contributed by atoms with van der Waals surface area (Å²) in [6.45, 7) is 6.59. The zero-order valence-electron chi connectivity index (χ0n) is 19.4. The Balaban J connectivity index is 2.12. The number of benzene rings is 2. The van der Waals surface area contributed by atoms with E-state index in [0.29, 0.717) is 30.2 Å². The van der Waals surface area contributed by atoms with Crippen LogP contribution in [-0.4, -0.2) is 72.1 Å². The monoisotopic (exact) mass is 454 g/mol. The van der Waals surface area contributed by atoms with Crippen LogP contribution in [0.2, 0.25) is 0 Å². The lowest BCUT2D eigenvalue weighted by Gasteiger charge is -2.28. The first-order chi connectivity index (χ1) is 15.9. The number of aliphatic hydroxyl groups excluding tert-OH is 1. The standard InChI is InChI=1S/C25H30N2O6/c1-5-26(6-2)13-14-27-22(16-7-9-17(32-3)10-8-16)21(24(30)25(27)31)23(29)19-12-11-18(33-4)15-20(19)28/h7-12,15,22,28-29H,5-6,13-14H2,1-4H3/b23-21+. The van der Waals surface area contributed by atoms with Crippen molar-refractivity contribution in [3.05, 3.63) is 59.2 Å². The van der Waals surface area contributed by atoms with Crippen LogP contribution in [0.15, 0.2) is 48.0 Å². The van der Waals surface area contributed by atoms with Gasteiger partial charge in [-0.2, -0.15) is 0 Å². The van der Waals surface area contributed by atoms with E-state index in [0.717, 1.165) is 13.1 Å². The van der Waals surface area contributed by atoms with Gasteiger partial charge in [0.25, 0.3) is 11.7 Å². The molecule has 2 aromatic rings. The van der Waals surface area contributed by atoms with Crippen molar-refractivity contribution in [3.8, 4) is 17.2 Å². The first-order valence-corrected chi connectivity index (χ1v) is 10.9. The highest BCUT2D eigenvalue weighted by atomic mass is 16.5. The third-order valence-electron chi connectivity index (χ3n) is 5.98. The van der Waals surface area contributed by atoms with Gasteiger partial charge in [0.2, 0.25) is 0 Å². The van der Waals surface area contributed by atoms with Crippen LogP contribution in [0.25, 0.3) is 5.76 Å². The molecule has 1 atom stereocenters. The number of amides is 1. The second-order valence-corrected chi connectivity index (χ2v) is 7.68. The van der Waals surface area contributed by atoms with Gasteiger partial charge in [0.1, 0.15) is 23.0 Å². The van der Waals surface area contributed by atoms with Crippen molar-refractivity contribution in [2.24, 2.45) is 0 Å². The van der Waals surface area contributed by atoms with Crippen molar-refractivity contribution in [1.29, 1.82) is 0 Å². The first-order valence-electron chi connectivity index (χ1n) is 10.9. The fourth-order valence-corrected chi connectivity index (χ4v) is 4.02. The van der Waals surface area contributed by atoms with Gasteiger partial charge in [-0.3, -0.25) is 9.59 Å². The fourth-order valence-electron chi connectivity index (χ4n) is 4.02. The van der Waals surface area contributed by atoms with E-state index in [1.54, 1.807) is 37.4 Å². The summed E-state index contributed by atoms with van der Waals surface area (Å²) in [6, 6.07) is 10.6. The molecule has 176 valence electrons. The normalized spacial score (nSPS) is 17.6. The number of hydrogen-bond acceptors (Lipinski definition) is 7. The van der Waals surface area contributed by atoms with E-state index in [2.05, 4.69) is 4.90 Å². The molecule has 1 unspecified atom stereocenters. The Kier molecular flexibility index (Phi) is 7.60. The maximum absolute atomic E-state index is 13.1. The Labute approximate surface area is 193 Å². The molecule has 1 aliphatic rings. The molecular weight excluding hydrogens is 424 g/mol. The minimum atomic E-state index is -0.798. The molecule has 0 spiro atoms. The molecule has 1 amide bonds. The summed E-state index contributed by atoms with van der Waals surface area (Å²) in [7, 11) is 3.01. The number of ether oxygens (including phenoxy) is 2. The van der Waals surface area contributed by atoms with Crippen molar-refractivity contribution >= 4 is 17.4 Å². The van der Waals surface area contributed by atoms with Gasteiger partial charge in [0, 0.05) is 19.2 Å². The number of rotatable bonds is 9. The summed E-state index contributed by atoms with van der Waals surface area (Å²) >= 11 is 0. The molecule has 33 heavy (non-hydrogen) atoms. The Hall–Kier alpha value is -3.52. The van der Waals surface area contributed by atoms with Gasteiger partial charge in [-0.05, 0) is 42.9 Å². The molecule has 0 saturated carbocycles. The number of hydrogen-bond donors (Lipinski definition) is 2. The Morgan fingerprint density at radius 1 is 1.00 bits per heavy atom. The summed E-state index contributed by atoms with van der Waals surface area (Å²) in [5, 5.41) is 21.5. The number of likely N-dealkylation sites (N-methyl/N-ethyl adjacent to an activating group) is 1. The Bertz CT molecular complexity index is 1040. The van der Waals surface area contributed by atoms with Crippen molar-refractivity contribution in [3.63, 3.8) is 0 Å². The minimum Gasteiger partial charge on any atom is -0.507 e. The molecular formula is C25H30N2O6. The highest BCUT2D eigenvalue weighted by Crippen LogP contribution is 2.41. The summed E-state index contributed by atoms with van der Waals surface area (Å²) in [6.07, 6.45) is 0. The zero-order chi connectivity index (χ0) is 24.1. The molecule has 0 aliphatic carbocycles. The van der Waals surface area contributed by atoms with E-state index in [1.807, 2.05) is 13.8 Å². The number of nitrogens with zero attached hydrogens (tertiary/aromatic N) is 2. The smallest absolute Gasteiger partial charge is 0.295 e. The van der Waals surface area contributed by atoms with Crippen molar-refractivity contribution in [2.75, 3.05) is 40.4 Å². The summed E-state index contributed by atoms with van der Waals surface area (Å²) in [4.78, 5) is 29.8. The Morgan fingerprint density at radius 2 is 1.61 bits per heavy atom. The van der Waals surface area contributed by atoms with Gasteiger partial charge in [-0.15, -0.1) is 0 Å². The number of ketones is 1. The van der Waals surface area contributed by atoms with Gasteiger partial charge in [-0.25, -0.2) is 0 Å². The number of Topliss-reactive ketones (excluding diaryl/α,β-unsaturated/α-hetero) is 1. The molecule has 2 N–H and O–H groups in total. The number of aliphatic hydroxyl groups is 1. The van der Waals surface area contributed by atoms with Gasteiger partial charge in [0.15, 0.2) is 0 Å². The lowest BCUT2D eigenvalue weighted by Crippen LogP contribution is -2.38. The highest BCUT2D eigenvalue weighted by molar-refractivity contribution is 6.46. The average molecular weight is 455 g/mol. The minimum absolute atomic E-state index is 0.0519. The van der Waals surface area contributed by atoms with Crippen LogP contribution in [0.1, 0.15) is 31.0 Å². The van der Waals surface area contributed by atoms with Gasteiger partial charge >= 0.3 is 0 Å². The quantitative estimate of drug-likeness (QED) is 0.341. The maximum atomic E-state index is 13.1. The zero-order valence-corrected chi connectivity index (χ0v) is 19.4. The number of carbonyl (C=O) groups excluding carboxylic acids is 2. The lowest BCUT2D eigenvalue weighted by molar-refractivity contribution is -0.140. The molecule has 1 aliphatic heterocycles. The topological polar surface area (TPSA) is 99.5 Å². The molecule has 1 heterocycles. The molecule has 2 aromatic carbocycles. The summed E-state index contributed by atoms with van der Waals surface area (Å²) < 4.78 is 10.3. The number of methoxy groups -OCH3 is 2. The molecule has 0 aromatic heterocycles. The number of phenolic OH excluding ortho intramolecular Hbond substituents is 1. The Morgan fingerprint density at radius 3 is 2.15 bits per heavy atom. The van der Waals surface area contributed by atoms with Gasteiger partial charge < -0.3 is 29.5 Å². The second kappa shape index (κ2) is 10.4. The maximum Gasteiger partial charge on any atom is 0.295 e. The SMILES string of the molecule is CCN(CC)CCN1C(=O)C(=O)/C(=C(/O)c2ccc(OC)cc2O)C1c1ccc(OC)cc1. The molecule has 0 bridgehead atoms. The van der Waals surface area contributed by atoms with E-state index >= 15 is 0 Å². The van der Waals surface area contributed by atoms with E-state index in [4.69, 9.17) is 9.47 Å². The highest BCUT2D eigenvalue weighted by Gasteiger charge is 2.46.